The normalized spacial score (nSPS) is 14.3. The fourth-order valence-corrected chi connectivity index (χ4v) is 12.2. The van der Waals surface area contributed by atoms with Crippen LogP contribution >= 0.6 is 15.6 Å². The molecule has 3 N–H and O–H groups in total. The number of phosphoric ester groups is 2. The van der Waals surface area contributed by atoms with E-state index >= 15 is 0 Å². The van der Waals surface area contributed by atoms with Gasteiger partial charge in [0.2, 0.25) is 0 Å². The van der Waals surface area contributed by atoms with Gasteiger partial charge in [-0.3, -0.25) is 37.3 Å². The maximum atomic E-state index is 13.0. The van der Waals surface area contributed by atoms with Crippen LogP contribution in [0.3, 0.4) is 0 Å². The molecular formula is C71H138O17P2. The minimum Gasteiger partial charge on any atom is -0.462 e. The van der Waals surface area contributed by atoms with Crippen molar-refractivity contribution in [3.63, 3.8) is 0 Å². The van der Waals surface area contributed by atoms with Crippen LogP contribution in [0.1, 0.15) is 351 Å². The van der Waals surface area contributed by atoms with Gasteiger partial charge in [0.15, 0.2) is 12.2 Å². The fraction of sp³-hybridized carbons (Fsp3) is 0.944. The molecule has 0 heterocycles. The molecule has 5 atom stereocenters. The third-order valence-corrected chi connectivity index (χ3v) is 18.2. The number of aliphatic hydroxyl groups is 1. The van der Waals surface area contributed by atoms with E-state index in [2.05, 4.69) is 55.4 Å². The smallest absolute Gasteiger partial charge is 0.462 e. The lowest BCUT2D eigenvalue weighted by Crippen LogP contribution is -2.30. The van der Waals surface area contributed by atoms with Gasteiger partial charge in [-0.05, 0) is 49.4 Å². The average molecular weight is 1330 g/mol. The summed E-state index contributed by atoms with van der Waals surface area (Å²) in [6, 6.07) is 0. The molecule has 0 fully saturated rings. The SMILES string of the molecule is CC(C)CCCCCCCCCCCCCCCC(=O)OC[C@H](COP(=O)(O)OCC(O)COP(=O)(O)OC[C@@H](COC(=O)CCCCCCCCCCC(C)C)OC(=O)CCCCCCCCC(C)C)OC(=O)CCCCCCCCCCCCCC(C)C. The van der Waals surface area contributed by atoms with Crippen molar-refractivity contribution >= 4 is 39.5 Å². The van der Waals surface area contributed by atoms with Gasteiger partial charge >= 0.3 is 39.5 Å². The fourth-order valence-electron chi connectivity index (χ4n) is 10.7. The highest BCUT2D eigenvalue weighted by atomic mass is 31.2. The Kier molecular flexibility index (Phi) is 59.4. The molecule has 90 heavy (non-hydrogen) atoms. The summed E-state index contributed by atoms with van der Waals surface area (Å²) in [5.41, 5.74) is 0. The van der Waals surface area contributed by atoms with Gasteiger partial charge in [0.1, 0.15) is 19.3 Å². The van der Waals surface area contributed by atoms with Gasteiger partial charge < -0.3 is 33.8 Å². The number of hydrogen-bond acceptors (Lipinski definition) is 15. The number of unbranched alkanes of at least 4 members (excludes halogenated alkanes) is 34. The highest BCUT2D eigenvalue weighted by Crippen LogP contribution is 2.45. The van der Waals surface area contributed by atoms with E-state index in [1.807, 2.05) is 0 Å². The lowest BCUT2D eigenvalue weighted by atomic mass is 10.0. The van der Waals surface area contributed by atoms with E-state index < -0.39 is 97.5 Å². The van der Waals surface area contributed by atoms with E-state index in [4.69, 9.17) is 37.0 Å². The first kappa shape index (κ1) is 88.1. The molecule has 17 nitrogen and oxygen atoms in total. The Labute approximate surface area is 549 Å². The van der Waals surface area contributed by atoms with Crippen LogP contribution in [0.15, 0.2) is 0 Å². The Balaban J connectivity index is 5.23. The first-order chi connectivity index (χ1) is 43.1. The Morgan fingerprint density at radius 3 is 0.689 bits per heavy atom. The van der Waals surface area contributed by atoms with Crippen LogP contribution in [0.5, 0.6) is 0 Å². The van der Waals surface area contributed by atoms with E-state index in [1.54, 1.807) is 0 Å². The minimum absolute atomic E-state index is 0.101. The molecular weight excluding hydrogens is 1190 g/mol. The Hall–Kier alpha value is -1.94. The zero-order chi connectivity index (χ0) is 66.8. The van der Waals surface area contributed by atoms with E-state index in [0.29, 0.717) is 31.6 Å². The monoisotopic (exact) mass is 1320 g/mol. The number of esters is 4. The van der Waals surface area contributed by atoms with Gasteiger partial charge in [0.05, 0.1) is 26.4 Å². The summed E-state index contributed by atoms with van der Waals surface area (Å²) in [4.78, 5) is 72.5. The maximum Gasteiger partial charge on any atom is 0.472 e. The van der Waals surface area contributed by atoms with E-state index in [-0.39, 0.29) is 25.7 Å². The van der Waals surface area contributed by atoms with Gasteiger partial charge in [0, 0.05) is 25.7 Å². The van der Waals surface area contributed by atoms with Gasteiger partial charge in [-0.1, -0.05) is 299 Å². The quantitative estimate of drug-likeness (QED) is 0.0222. The third-order valence-electron chi connectivity index (χ3n) is 16.3. The average Bonchev–Trinajstić information content (AvgIpc) is 3.63. The Morgan fingerprint density at radius 2 is 0.467 bits per heavy atom. The van der Waals surface area contributed by atoms with Crippen molar-refractivity contribution in [1.82, 2.24) is 0 Å². The predicted molar refractivity (Wildman–Crippen MR) is 363 cm³/mol. The van der Waals surface area contributed by atoms with Crippen molar-refractivity contribution in [2.75, 3.05) is 39.6 Å². The number of ether oxygens (including phenoxy) is 4. The van der Waals surface area contributed by atoms with Crippen molar-refractivity contribution in [2.45, 2.75) is 369 Å². The number of rotatable bonds is 68. The van der Waals surface area contributed by atoms with E-state index in [0.717, 1.165) is 108 Å². The van der Waals surface area contributed by atoms with Crippen LogP contribution in [0.2, 0.25) is 0 Å². The van der Waals surface area contributed by atoms with Crippen molar-refractivity contribution in [3.8, 4) is 0 Å². The molecule has 0 aromatic rings. The lowest BCUT2D eigenvalue weighted by molar-refractivity contribution is -0.161. The molecule has 0 saturated carbocycles. The van der Waals surface area contributed by atoms with E-state index in [1.165, 1.54) is 154 Å². The summed E-state index contributed by atoms with van der Waals surface area (Å²) in [5, 5.41) is 10.6. The second-order valence-corrected chi connectivity index (χ2v) is 30.4. The van der Waals surface area contributed by atoms with Crippen LogP contribution in [-0.2, 0) is 65.4 Å². The van der Waals surface area contributed by atoms with Crippen molar-refractivity contribution in [1.29, 1.82) is 0 Å². The van der Waals surface area contributed by atoms with Gasteiger partial charge in [-0.25, -0.2) is 9.13 Å². The van der Waals surface area contributed by atoms with Crippen molar-refractivity contribution in [2.24, 2.45) is 23.7 Å². The summed E-state index contributed by atoms with van der Waals surface area (Å²) in [6.07, 6.45) is 43.3. The molecule has 0 aromatic carbocycles. The molecule has 0 rings (SSSR count). The van der Waals surface area contributed by atoms with Crippen molar-refractivity contribution in [3.05, 3.63) is 0 Å². The molecule has 0 amide bonds. The van der Waals surface area contributed by atoms with Crippen molar-refractivity contribution < 1.29 is 80.2 Å². The topological polar surface area (TPSA) is 237 Å². The third kappa shape index (κ3) is 64.8. The molecule has 0 spiro atoms. The molecule has 0 aliphatic rings. The largest absolute Gasteiger partial charge is 0.472 e. The number of aliphatic hydroxyl groups excluding tert-OH is 1. The van der Waals surface area contributed by atoms with Gasteiger partial charge in [0.25, 0.3) is 0 Å². The van der Waals surface area contributed by atoms with Crippen LogP contribution in [0.25, 0.3) is 0 Å². The first-order valence-electron chi connectivity index (χ1n) is 36.7. The number of carbonyl (C=O) groups is 4. The standard InChI is InChI=1S/C71H138O17P2/c1-61(2)47-39-31-23-17-13-10-9-11-15-19-26-35-43-51-68(73)81-57-66(87-70(75)53-45-37-28-20-16-12-14-18-24-32-40-48-62(3)4)59-85-89(77,78)83-55-65(72)56-84-90(79,80)86-60-67(88-71(76)54-46-38-30-29-34-42-50-64(7)8)58-82-69(74)52-44-36-27-22-21-25-33-41-49-63(5)6/h61-67,72H,9-60H2,1-8H3,(H,77,78)(H,79,80)/t65?,66-,67-/m1/s1. The van der Waals surface area contributed by atoms with Crippen LogP contribution in [0.4, 0.5) is 0 Å². The summed E-state index contributed by atoms with van der Waals surface area (Å²) < 4.78 is 68.3. The van der Waals surface area contributed by atoms with Crippen LogP contribution < -0.4 is 0 Å². The summed E-state index contributed by atoms with van der Waals surface area (Å²) in [5.74, 6) is 0.820. The number of carbonyl (C=O) groups excluding carboxylic acids is 4. The molecule has 534 valence electrons. The second kappa shape index (κ2) is 60.7. The number of phosphoric acid groups is 2. The zero-order valence-corrected chi connectivity index (χ0v) is 60.6. The molecule has 0 radical (unpaired) electrons. The second-order valence-electron chi connectivity index (χ2n) is 27.5. The highest BCUT2D eigenvalue weighted by molar-refractivity contribution is 7.47. The van der Waals surface area contributed by atoms with E-state index in [9.17, 15) is 43.2 Å². The van der Waals surface area contributed by atoms with Gasteiger partial charge in [-0.2, -0.15) is 0 Å². The maximum absolute atomic E-state index is 13.0. The Bertz CT molecular complexity index is 1780. The Morgan fingerprint density at radius 1 is 0.278 bits per heavy atom. The summed E-state index contributed by atoms with van der Waals surface area (Å²) in [6.45, 7) is 14.0. The summed E-state index contributed by atoms with van der Waals surface area (Å²) in [7, 11) is -9.90. The minimum atomic E-state index is -4.95. The van der Waals surface area contributed by atoms with Crippen LogP contribution in [-0.4, -0.2) is 96.7 Å². The number of hydrogen-bond donors (Lipinski definition) is 3. The zero-order valence-electron chi connectivity index (χ0n) is 58.8. The predicted octanol–water partition coefficient (Wildman–Crippen LogP) is 20.1. The highest BCUT2D eigenvalue weighted by Gasteiger charge is 2.30. The van der Waals surface area contributed by atoms with Gasteiger partial charge in [-0.15, -0.1) is 0 Å². The molecule has 0 aliphatic carbocycles. The molecule has 0 aliphatic heterocycles. The molecule has 19 heteroatoms. The molecule has 0 saturated heterocycles. The van der Waals surface area contributed by atoms with Crippen LogP contribution in [0, 0.1) is 23.7 Å². The lowest BCUT2D eigenvalue weighted by Gasteiger charge is -2.21. The first-order valence-corrected chi connectivity index (χ1v) is 39.7. The molecule has 0 bridgehead atoms. The summed E-state index contributed by atoms with van der Waals surface area (Å²) >= 11 is 0. The molecule has 3 unspecified atom stereocenters. The molecule has 0 aromatic heterocycles.